The Morgan fingerprint density at radius 1 is 1.18 bits per heavy atom. The molecule has 1 N–H and O–H groups in total. The zero-order chi connectivity index (χ0) is 19.6. The van der Waals surface area contributed by atoms with Crippen molar-refractivity contribution in [3.8, 4) is 0 Å². The van der Waals surface area contributed by atoms with Crippen molar-refractivity contribution in [2.75, 3.05) is 11.9 Å². The van der Waals surface area contributed by atoms with Gasteiger partial charge in [0.1, 0.15) is 0 Å². The van der Waals surface area contributed by atoms with Crippen molar-refractivity contribution in [2.45, 2.75) is 12.8 Å². The minimum atomic E-state index is -0.274. The zero-order valence-corrected chi connectivity index (χ0v) is 16.2. The van der Waals surface area contributed by atoms with Gasteiger partial charge in [0.05, 0.1) is 17.6 Å². The van der Waals surface area contributed by atoms with Crippen LogP contribution in [0.2, 0.25) is 5.02 Å². The first-order chi connectivity index (χ1) is 13.5. The van der Waals surface area contributed by atoms with Crippen LogP contribution in [0.5, 0.6) is 0 Å². The molecule has 28 heavy (non-hydrogen) atoms. The summed E-state index contributed by atoms with van der Waals surface area (Å²) in [5, 5.41) is 5.19. The molecule has 5 nitrogen and oxygen atoms in total. The normalized spacial score (nSPS) is 18.3. The van der Waals surface area contributed by atoms with Crippen LogP contribution in [0, 0.1) is 0 Å². The minimum absolute atomic E-state index is 0.236. The maximum atomic E-state index is 13.2. The number of hydrogen-bond donors (Lipinski definition) is 1. The fourth-order valence-corrected chi connectivity index (χ4v) is 4.50. The van der Waals surface area contributed by atoms with Crippen molar-refractivity contribution in [3.05, 3.63) is 76.1 Å². The molecule has 0 radical (unpaired) electrons. The van der Waals surface area contributed by atoms with E-state index in [-0.39, 0.29) is 24.3 Å². The van der Waals surface area contributed by atoms with Gasteiger partial charge >= 0.3 is 0 Å². The number of anilines is 1. The van der Waals surface area contributed by atoms with Gasteiger partial charge in [0.2, 0.25) is 5.91 Å². The molecule has 2 aliphatic heterocycles. The largest absolute Gasteiger partial charge is 0.356 e. The van der Waals surface area contributed by atoms with E-state index in [1.807, 2.05) is 43.4 Å². The molecule has 1 aromatic heterocycles. The summed E-state index contributed by atoms with van der Waals surface area (Å²) < 4.78 is 2.08. The first kappa shape index (κ1) is 17.1. The highest BCUT2D eigenvalue weighted by Gasteiger charge is 2.41. The van der Waals surface area contributed by atoms with Crippen LogP contribution < -0.4 is 5.32 Å². The topological polar surface area (TPSA) is 54.3 Å². The number of aromatic nitrogens is 1. The van der Waals surface area contributed by atoms with Crippen LogP contribution in [-0.4, -0.2) is 27.8 Å². The molecule has 140 valence electrons. The fourth-order valence-electron chi connectivity index (χ4n) is 4.37. The molecule has 5 rings (SSSR count). The van der Waals surface area contributed by atoms with E-state index in [1.54, 1.807) is 0 Å². The predicted molar refractivity (Wildman–Crippen MR) is 109 cm³/mol. The van der Waals surface area contributed by atoms with Crippen molar-refractivity contribution in [2.24, 2.45) is 7.05 Å². The molecule has 0 spiro atoms. The number of imide groups is 1. The zero-order valence-electron chi connectivity index (χ0n) is 15.5. The van der Waals surface area contributed by atoms with Crippen LogP contribution in [0.3, 0.4) is 0 Å². The Bertz CT molecular complexity index is 1190. The highest BCUT2D eigenvalue weighted by molar-refractivity contribution is 6.30. The van der Waals surface area contributed by atoms with E-state index in [1.165, 1.54) is 11.8 Å². The van der Waals surface area contributed by atoms with Gasteiger partial charge in [0.25, 0.3) is 5.91 Å². The van der Waals surface area contributed by atoms with Crippen LogP contribution in [-0.2, 0) is 16.6 Å². The van der Waals surface area contributed by atoms with Gasteiger partial charge in [-0.05, 0) is 35.4 Å². The van der Waals surface area contributed by atoms with E-state index >= 15 is 0 Å². The van der Waals surface area contributed by atoms with Crippen molar-refractivity contribution < 1.29 is 9.59 Å². The van der Waals surface area contributed by atoms with Crippen LogP contribution >= 0.6 is 11.6 Å². The summed E-state index contributed by atoms with van der Waals surface area (Å²) in [5.74, 6) is -0.759. The second-order valence-electron chi connectivity index (χ2n) is 7.31. The Morgan fingerprint density at radius 3 is 2.64 bits per heavy atom. The smallest absolute Gasteiger partial charge is 0.259 e. The van der Waals surface area contributed by atoms with E-state index in [0.717, 1.165) is 33.4 Å². The van der Waals surface area contributed by atoms with Crippen LogP contribution in [0.1, 0.15) is 24.0 Å². The summed E-state index contributed by atoms with van der Waals surface area (Å²) in [4.78, 5) is 26.6. The molecule has 6 heteroatoms. The molecule has 3 heterocycles. The average molecular weight is 392 g/mol. The molecule has 0 aliphatic carbocycles. The van der Waals surface area contributed by atoms with Gasteiger partial charge in [-0.3, -0.25) is 14.5 Å². The van der Waals surface area contributed by atoms with Gasteiger partial charge in [0.15, 0.2) is 0 Å². The van der Waals surface area contributed by atoms with E-state index in [4.69, 9.17) is 11.6 Å². The first-order valence-corrected chi connectivity index (χ1v) is 9.49. The number of nitrogens with zero attached hydrogens (tertiary/aromatic N) is 2. The third-order valence-corrected chi connectivity index (χ3v) is 5.88. The highest BCUT2D eigenvalue weighted by Crippen LogP contribution is 2.46. The minimum Gasteiger partial charge on any atom is -0.356 e. The number of rotatable bonds is 1. The maximum absolute atomic E-state index is 13.2. The number of amides is 2. The summed E-state index contributed by atoms with van der Waals surface area (Å²) in [6.07, 6.45) is 2.08. The predicted octanol–water partition coefficient (Wildman–Crippen LogP) is 4.03. The van der Waals surface area contributed by atoms with Gasteiger partial charge in [-0.25, -0.2) is 0 Å². The van der Waals surface area contributed by atoms with E-state index in [0.29, 0.717) is 10.6 Å². The van der Waals surface area contributed by atoms with Crippen molar-refractivity contribution in [1.29, 1.82) is 0 Å². The summed E-state index contributed by atoms with van der Waals surface area (Å²) in [7, 11) is 2.00. The number of nitrogens with one attached hydrogen (secondary N) is 1. The van der Waals surface area contributed by atoms with Crippen LogP contribution in [0.4, 0.5) is 5.69 Å². The number of carbonyl (C=O) groups excluding carboxylic acids is 2. The number of carbonyl (C=O) groups is 2. The summed E-state index contributed by atoms with van der Waals surface area (Å²) >= 11 is 6.11. The molecule has 2 amide bonds. The van der Waals surface area contributed by atoms with Crippen molar-refractivity contribution in [1.82, 2.24) is 9.47 Å². The van der Waals surface area contributed by atoms with Gasteiger partial charge in [-0.2, -0.15) is 0 Å². The number of halogens is 1. The van der Waals surface area contributed by atoms with Gasteiger partial charge in [-0.15, -0.1) is 0 Å². The fraction of sp³-hybridized carbons (Fsp3) is 0.182. The molecular formula is C22H18ClN3O2. The van der Waals surface area contributed by atoms with E-state index in [9.17, 15) is 9.59 Å². The average Bonchev–Trinajstić information content (AvgIpc) is 3.12. The Balaban J connectivity index is 1.81. The molecule has 1 atom stereocenters. The van der Waals surface area contributed by atoms with Gasteiger partial charge < -0.3 is 9.88 Å². The number of benzene rings is 2. The molecule has 2 aliphatic rings. The molecule has 0 unspecified atom stereocenters. The van der Waals surface area contributed by atoms with Gasteiger partial charge in [0, 0.05) is 47.9 Å². The Labute approximate surface area is 167 Å². The van der Waals surface area contributed by atoms with Crippen LogP contribution in [0.25, 0.3) is 10.9 Å². The maximum Gasteiger partial charge on any atom is 0.259 e. The van der Waals surface area contributed by atoms with Gasteiger partial charge in [-0.1, -0.05) is 29.8 Å². The van der Waals surface area contributed by atoms with Crippen molar-refractivity contribution >= 4 is 40.0 Å². The second kappa shape index (κ2) is 5.97. The van der Waals surface area contributed by atoms with E-state index < -0.39 is 0 Å². The standard InChI is InChI=1S/C22H18ClN3O2/c1-12(27)26-11-17-21(22(26)28)19(13-6-8-14(23)9-7-13)15-10-25(2)18-5-3-4-16(24-17)20(15)18/h3-10,19,24H,11H2,1-2H3/t19-/m1/s1. The summed E-state index contributed by atoms with van der Waals surface area (Å²) in [5.41, 5.74) is 5.48. The first-order valence-electron chi connectivity index (χ1n) is 9.11. The highest BCUT2D eigenvalue weighted by atomic mass is 35.5. The van der Waals surface area contributed by atoms with Crippen LogP contribution in [0.15, 0.2) is 59.9 Å². The van der Waals surface area contributed by atoms with E-state index in [2.05, 4.69) is 22.1 Å². The second-order valence-corrected chi connectivity index (χ2v) is 7.74. The number of hydrogen-bond acceptors (Lipinski definition) is 3. The Morgan fingerprint density at radius 2 is 1.93 bits per heavy atom. The third-order valence-electron chi connectivity index (χ3n) is 5.63. The Hall–Kier alpha value is -3.05. The lowest BCUT2D eigenvalue weighted by Crippen LogP contribution is -2.33. The molecule has 3 aromatic rings. The lowest BCUT2D eigenvalue weighted by molar-refractivity contribution is -0.139. The Kier molecular flexibility index (Phi) is 3.64. The SMILES string of the molecule is CC(=O)N1CC2=C(C1=O)[C@H](c1ccc(Cl)cc1)c1cn(C)c3cccc(c13)N2. The lowest BCUT2D eigenvalue weighted by Gasteiger charge is -2.19. The summed E-state index contributed by atoms with van der Waals surface area (Å²) in [6, 6.07) is 13.7. The third kappa shape index (κ3) is 2.33. The quantitative estimate of drug-likeness (QED) is 0.681. The monoisotopic (exact) mass is 391 g/mol. The molecular weight excluding hydrogens is 374 g/mol. The molecule has 0 bridgehead atoms. The molecule has 2 aromatic carbocycles. The molecule has 0 saturated heterocycles. The van der Waals surface area contributed by atoms with Crippen molar-refractivity contribution in [3.63, 3.8) is 0 Å². The molecule has 0 fully saturated rings. The summed E-state index contributed by atoms with van der Waals surface area (Å²) in [6.45, 7) is 1.69. The number of aryl methyl sites for hydroxylation is 1. The molecule has 0 saturated carbocycles. The lowest BCUT2D eigenvalue weighted by atomic mass is 9.84.